The van der Waals surface area contributed by atoms with Crippen LogP contribution >= 0.6 is 11.8 Å². The van der Waals surface area contributed by atoms with E-state index in [1.165, 1.54) is 0 Å². The van der Waals surface area contributed by atoms with Gasteiger partial charge in [-0.25, -0.2) is 13.4 Å². The van der Waals surface area contributed by atoms with E-state index in [4.69, 9.17) is 4.74 Å². The van der Waals surface area contributed by atoms with E-state index in [2.05, 4.69) is 4.98 Å². The lowest BCUT2D eigenvalue weighted by Gasteiger charge is -2.46. The van der Waals surface area contributed by atoms with E-state index < -0.39 is 10.0 Å². The number of ether oxygens (including phenoxy) is 1. The van der Waals surface area contributed by atoms with Crippen LogP contribution in [0, 0.1) is 0 Å². The van der Waals surface area contributed by atoms with Crippen molar-refractivity contribution in [2.24, 2.45) is 0 Å². The highest BCUT2D eigenvalue weighted by Crippen LogP contribution is 2.46. The molecule has 0 amide bonds. The fourth-order valence-corrected chi connectivity index (χ4v) is 5.60. The van der Waals surface area contributed by atoms with Crippen LogP contribution in [0.1, 0.15) is 13.3 Å². The summed E-state index contributed by atoms with van der Waals surface area (Å²) in [5, 5.41) is 0. The van der Waals surface area contributed by atoms with Gasteiger partial charge in [0.1, 0.15) is 6.10 Å². The minimum Gasteiger partial charge on any atom is -0.473 e. The van der Waals surface area contributed by atoms with Crippen molar-refractivity contribution >= 4 is 21.8 Å². The van der Waals surface area contributed by atoms with Gasteiger partial charge in [0.25, 0.3) is 0 Å². The minimum atomic E-state index is -3.03. The van der Waals surface area contributed by atoms with Gasteiger partial charge in [-0.05, 0) is 13.0 Å². The molecule has 0 bridgehead atoms. The van der Waals surface area contributed by atoms with Gasteiger partial charge in [-0.3, -0.25) is 0 Å². The van der Waals surface area contributed by atoms with Crippen molar-refractivity contribution < 1.29 is 13.2 Å². The Morgan fingerprint density at radius 1 is 1.50 bits per heavy atom. The molecule has 0 aliphatic carbocycles. The van der Waals surface area contributed by atoms with Gasteiger partial charge in [0.15, 0.2) is 0 Å². The fraction of sp³-hybridized carbons (Fsp3) is 0.615. The van der Waals surface area contributed by atoms with E-state index in [9.17, 15) is 8.42 Å². The summed E-state index contributed by atoms with van der Waals surface area (Å²) in [6.45, 7) is 2.93. The molecule has 20 heavy (non-hydrogen) atoms. The zero-order chi connectivity index (χ0) is 14.2. The van der Waals surface area contributed by atoms with Gasteiger partial charge in [-0.2, -0.15) is 4.31 Å². The molecule has 2 fully saturated rings. The zero-order valence-electron chi connectivity index (χ0n) is 11.4. The van der Waals surface area contributed by atoms with Crippen LogP contribution in [0.15, 0.2) is 24.4 Å². The number of rotatable bonds is 4. The van der Waals surface area contributed by atoms with Gasteiger partial charge < -0.3 is 4.74 Å². The van der Waals surface area contributed by atoms with E-state index in [1.807, 2.05) is 30.0 Å². The second-order valence-electron chi connectivity index (χ2n) is 5.27. The Morgan fingerprint density at radius 3 is 2.95 bits per heavy atom. The molecule has 1 aromatic rings. The van der Waals surface area contributed by atoms with Crippen molar-refractivity contribution in [3.63, 3.8) is 0 Å². The van der Waals surface area contributed by atoms with Crippen molar-refractivity contribution in [2.45, 2.75) is 24.2 Å². The molecule has 0 saturated carbocycles. The fourth-order valence-electron chi connectivity index (χ4n) is 2.66. The Balaban J connectivity index is 1.57. The number of nitrogens with zero attached hydrogens (tertiary/aromatic N) is 2. The molecule has 1 atom stereocenters. The molecule has 1 unspecified atom stereocenters. The summed E-state index contributed by atoms with van der Waals surface area (Å²) < 4.78 is 31.0. The molecule has 0 N–H and O–H groups in total. The van der Waals surface area contributed by atoms with Crippen LogP contribution in [-0.2, 0) is 10.0 Å². The summed E-state index contributed by atoms with van der Waals surface area (Å²) in [5.41, 5.74) is 0. The molecule has 1 aromatic heterocycles. The molecule has 3 rings (SSSR count). The molecular formula is C13H18N2O3S2. The molecule has 2 saturated heterocycles. The smallest absolute Gasteiger partial charge is 0.213 e. The van der Waals surface area contributed by atoms with Crippen molar-refractivity contribution in [3.8, 4) is 5.88 Å². The average Bonchev–Trinajstić information content (AvgIpc) is 2.82. The monoisotopic (exact) mass is 314 g/mol. The lowest BCUT2D eigenvalue weighted by atomic mass is 9.95. The third kappa shape index (κ3) is 2.66. The summed E-state index contributed by atoms with van der Waals surface area (Å²) in [6, 6.07) is 5.61. The third-order valence-corrected chi connectivity index (χ3v) is 7.14. The van der Waals surface area contributed by atoms with Gasteiger partial charge in [0.2, 0.25) is 15.9 Å². The number of hydrogen-bond acceptors (Lipinski definition) is 5. The highest BCUT2D eigenvalue weighted by atomic mass is 32.2. The Labute approximate surface area is 123 Å². The van der Waals surface area contributed by atoms with Crippen LogP contribution in [-0.4, -0.2) is 53.2 Å². The SMILES string of the molecule is CCS(=O)(=O)N1CC2(CC(Oc3ccccn3)CS2)C1. The Bertz CT molecular complexity index is 571. The molecule has 110 valence electrons. The van der Waals surface area contributed by atoms with E-state index in [0.717, 1.165) is 12.2 Å². The topological polar surface area (TPSA) is 59.5 Å². The molecule has 2 aliphatic rings. The van der Waals surface area contributed by atoms with Crippen molar-refractivity contribution in [3.05, 3.63) is 24.4 Å². The van der Waals surface area contributed by atoms with Crippen LogP contribution in [0.25, 0.3) is 0 Å². The van der Waals surface area contributed by atoms with E-state index in [1.54, 1.807) is 17.4 Å². The standard InChI is InChI=1S/C13H18N2O3S2/c1-2-20(16,17)15-9-13(10-15)7-11(8-19-13)18-12-5-3-4-6-14-12/h3-6,11H,2,7-10H2,1H3. The maximum Gasteiger partial charge on any atom is 0.213 e. The summed E-state index contributed by atoms with van der Waals surface area (Å²) in [4.78, 5) is 4.16. The van der Waals surface area contributed by atoms with Crippen LogP contribution in [0.3, 0.4) is 0 Å². The molecular weight excluding hydrogens is 296 g/mol. The second kappa shape index (κ2) is 5.20. The molecule has 0 aromatic carbocycles. The number of sulfonamides is 1. The summed E-state index contributed by atoms with van der Waals surface area (Å²) in [6.07, 6.45) is 2.73. The van der Waals surface area contributed by atoms with E-state index >= 15 is 0 Å². The van der Waals surface area contributed by atoms with Gasteiger partial charge in [0, 0.05) is 42.3 Å². The van der Waals surface area contributed by atoms with Gasteiger partial charge in [0.05, 0.1) is 5.75 Å². The van der Waals surface area contributed by atoms with Crippen molar-refractivity contribution in [2.75, 3.05) is 24.6 Å². The first-order chi connectivity index (χ1) is 9.53. The minimum absolute atomic E-state index is 0.0572. The van der Waals surface area contributed by atoms with Crippen LogP contribution in [0.5, 0.6) is 5.88 Å². The maximum absolute atomic E-state index is 11.8. The molecule has 2 aliphatic heterocycles. The number of aromatic nitrogens is 1. The lowest BCUT2D eigenvalue weighted by Crippen LogP contribution is -2.61. The summed E-state index contributed by atoms with van der Waals surface area (Å²) >= 11 is 1.83. The highest BCUT2D eigenvalue weighted by Gasteiger charge is 2.52. The van der Waals surface area contributed by atoms with Crippen LogP contribution in [0.4, 0.5) is 0 Å². The predicted molar refractivity (Wildman–Crippen MR) is 79.5 cm³/mol. The van der Waals surface area contributed by atoms with Crippen LogP contribution in [0.2, 0.25) is 0 Å². The molecule has 5 nitrogen and oxygen atoms in total. The Morgan fingerprint density at radius 2 is 2.30 bits per heavy atom. The van der Waals surface area contributed by atoms with Gasteiger partial charge in [-0.1, -0.05) is 6.07 Å². The summed E-state index contributed by atoms with van der Waals surface area (Å²) in [7, 11) is -3.03. The molecule has 1 spiro atoms. The highest BCUT2D eigenvalue weighted by molar-refractivity contribution is 8.01. The predicted octanol–water partition coefficient (Wildman–Crippen LogP) is 1.37. The zero-order valence-corrected chi connectivity index (χ0v) is 13.0. The van der Waals surface area contributed by atoms with Gasteiger partial charge >= 0.3 is 0 Å². The normalized spacial score (nSPS) is 25.6. The van der Waals surface area contributed by atoms with E-state index in [-0.39, 0.29) is 16.6 Å². The first-order valence-electron chi connectivity index (χ1n) is 6.72. The first-order valence-corrected chi connectivity index (χ1v) is 9.32. The number of thioether (sulfide) groups is 1. The Kier molecular flexibility index (Phi) is 3.68. The molecule has 0 radical (unpaired) electrons. The number of pyridine rings is 1. The maximum atomic E-state index is 11.8. The molecule has 7 heteroatoms. The van der Waals surface area contributed by atoms with Crippen molar-refractivity contribution in [1.29, 1.82) is 0 Å². The second-order valence-corrected chi connectivity index (χ2v) is 9.02. The average molecular weight is 314 g/mol. The molecule has 3 heterocycles. The Hall–Kier alpha value is -0.790. The largest absolute Gasteiger partial charge is 0.473 e. The van der Waals surface area contributed by atoms with Crippen molar-refractivity contribution in [1.82, 2.24) is 9.29 Å². The summed E-state index contributed by atoms with van der Waals surface area (Å²) in [5.74, 6) is 1.73. The van der Waals surface area contributed by atoms with Crippen LogP contribution < -0.4 is 4.74 Å². The van der Waals surface area contributed by atoms with Gasteiger partial charge in [-0.15, -0.1) is 11.8 Å². The first kappa shape index (κ1) is 14.2. The number of hydrogen-bond donors (Lipinski definition) is 0. The quantitative estimate of drug-likeness (QED) is 0.840. The lowest BCUT2D eigenvalue weighted by molar-refractivity contribution is 0.155. The third-order valence-electron chi connectivity index (χ3n) is 3.79. The van der Waals surface area contributed by atoms with E-state index in [0.29, 0.717) is 19.0 Å².